The van der Waals surface area contributed by atoms with E-state index in [4.69, 9.17) is 9.47 Å². The number of ether oxygens (including phenoxy) is 2. The monoisotopic (exact) mass is 488 g/mol. The summed E-state index contributed by atoms with van der Waals surface area (Å²) in [6.45, 7) is 0.415. The molecule has 0 aliphatic carbocycles. The number of sulfonamides is 1. The SMILES string of the molecule is O=C(NCC(O)COc1cccc(C(F)(F)F)c1)c1cccc(S(=O)(=O)N2CCOCC2)c1. The molecule has 0 aromatic heterocycles. The van der Waals surface area contributed by atoms with E-state index in [1.165, 1.54) is 40.7 Å². The second-order valence-electron chi connectivity index (χ2n) is 7.24. The quantitative estimate of drug-likeness (QED) is 0.588. The van der Waals surface area contributed by atoms with Crippen LogP contribution in [0.5, 0.6) is 5.75 Å². The molecule has 1 fully saturated rings. The number of alkyl halides is 3. The van der Waals surface area contributed by atoms with Gasteiger partial charge < -0.3 is 19.9 Å². The fourth-order valence-electron chi connectivity index (χ4n) is 3.06. The van der Waals surface area contributed by atoms with E-state index in [0.29, 0.717) is 13.2 Å². The molecular weight excluding hydrogens is 465 g/mol. The number of carbonyl (C=O) groups excluding carboxylic acids is 1. The van der Waals surface area contributed by atoms with Gasteiger partial charge in [-0.1, -0.05) is 12.1 Å². The number of aliphatic hydroxyl groups is 1. The number of hydrogen-bond donors (Lipinski definition) is 2. The maximum absolute atomic E-state index is 12.7. The van der Waals surface area contributed by atoms with Crippen molar-refractivity contribution in [1.29, 1.82) is 0 Å². The first kappa shape index (κ1) is 25.0. The topological polar surface area (TPSA) is 105 Å². The van der Waals surface area contributed by atoms with E-state index in [0.717, 1.165) is 12.1 Å². The molecular formula is C21H23F3N2O6S. The lowest BCUT2D eigenvalue weighted by Crippen LogP contribution is -2.40. The molecule has 1 heterocycles. The normalized spacial score (nSPS) is 16.2. The molecule has 1 unspecified atom stereocenters. The predicted octanol–water partition coefficient (Wildman–Crippen LogP) is 1.90. The Morgan fingerprint density at radius 3 is 2.55 bits per heavy atom. The number of amides is 1. The van der Waals surface area contributed by atoms with Gasteiger partial charge in [0.05, 0.1) is 23.7 Å². The van der Waals surface area contributed by atoms with Crippen LogP contribution in [0.4, 0.5) is 13.2 Å². The Morgan fingerprint density at radius 1 is 1.15 bits per heavy atom. The summed E-state index contributed by atoms with van der Waals surface area (Å²) in [7, 11) is -3.78. The molecule has 3 rings (SSSR count). The van der Waals surface area contributed by atoms with Crippen LogP contribution in [0.3, 0.4) is 0 Å². The first-order valence-corrected chi connectivity index (χ1v) is 11.5. The smallest absolute Gasteiger partial charge is 0.416 e. The molecule has 1 aliphatic rings. The summed E-state index contributed by atoms with van der Waals surface area (Å²) in [6, 6.07) is 9.72. The lowest BCUT2D eigenvalue weighted by atomic mass is 10.2. The Bertz CT molecular complexity index is 1070. The average molecular weight is 488 g/mol. The summed E-state index contributed by atoms with van der Waals surface area (Å²) in [5, 5.41) is 12.5. The van der Waals surface area contributed by atoms with Gasteiger partial charge in [0, 0.05) is 25.2 Å². The van der Waals surface area contributed by atoms with Crippen molar-refractivity contribution in [3.05, 3.63) is 59.7 Å². The van der Waals surface area contributed by atoms with Crippen LogP contribution in [0, 0.1) is 0 Å². The fraction of sp³-hybridized carbons (Fsp3) is 0.381. The molecule has 1 amide bonds. The molecule has 1 atom stereocenters. The number of nitrogens with zero attached hydrogens (tertiary/aromatic N) is 1. The zero-order chi connectivity index (χ0) is 24.1. The van der Waals surface area contributed by atoms with Crippen molar-refractivity contribution in [2.24, 2.45) is 0 Å². The molecule has 1 aliphatic heterocycles. The number of halogens is 3. The summed E-state index contributed by atoms with van der Waals surface area (Å²) in [6.07, 6.45) is -5.72. The standard InChI is InChI=1S/C21H23F3N2O6S/c22-21(23,24)16-4-2-5-18(12-16)32-14-17(27)13-25-20(28)15-3-1-6-19(11-15)33(29,30)26-7-9-31-10-8-26/h1-6,11-12,17,27H,7-10,13-14H2,(H,25,28). The summed E-state index contributed by atoms with van der Waals surface area (Å²) >= 11 is 0. The van der Waals surface area contributed by atoms with E-state index in [2.05, 4.69) is 5.32 Å². The van der Waals surface area contributed by atoms with Crippen LogP contribution in [0.15, 0.2) is 53.4 Å². The van der Waals surface area contributed by atoms with Gasteiger partial charge in [0.1, 0.15) is 18.5 Å². The third-order valence-corrected chi connectivity index (χ3v) is 6.70. The van der Waals surface area contributed by atoms with Gasteiger partial charge in [-0.05, 0) is 36.4 Å². The molecule has 2 aromatic rings. The zero-order valence-corrected chi connectivity index (χ0v) is 18.2. The Morgan fingerprint density at radius 2 is 1.85 bits per heavy atom. The highest BCUT2D eigenvalue weighted by molar-refractivity contribution is 7.89. The molecule has 8 nitrogen and oxygen atoms in total. The number of morpholine rings is 1. The molecule has 0 spiro atoms. The number of aliphatic hydroxyl groups excluding tert-OH is 1. The predicted molar refractivity (Wildman–Crippen MR) is 111 cm³/mol. The molecule has 2 N–H and O–H groups in total. The van der Waals surface area contributed by atoms with Gasteiger partial charge in [-0.25, -0.2) is 8.42 Å². The van der Waals surface area contributed by atoms with Crippen molar-refractivity contribution in [3.63, 3.8) is 0 Å². The lowest BCUT2D eigenvalue weighted by Gasteiger charge is -2.26. The summed E-state index contributed by atoms with van der Waals surface area (Å²) in [4.78, 5) is 12.4. The number of nitrogens with one attached hydrogen (secondary N) is 1. The van der Waals surface area contributed by atoms with E-state index in [9.17, 15) is 31.5 Å². The minimum absolute atomic E-state index is 0.0366. The van der Waals surface area contributed by atoms with Crippen LogP contribution in [-0.4, -0.2) is 69.3 Å². The summed E-state index contributed by atoms with van der Waals surface area (Å²) in [5.41, 5.74) is -0.801. The van der Waals surface area contributed by atoms with Gasteiger partial charge in [-0.15, -0.1) is 0 Å². The number of carbonyl (C=O) groups is 1. The minimum atomic E-state index is -4.52. The highest BCUT2D eigenvalue weighted by Crippen LogP contribution is 2.31. The molecule has 0 saturated carbocycles. The molecule has 12 heteroatoms. The second-order valence-corrected chi connectivity index (χ2v) is 9.18. The Kier molecular flexibility index (Phi) is 7.95. The van der Waals surface area contributed by atoms with Crippen molar-refractivity contribution in [2.75, 3.05) is 39.5 Å². The number of rotatable bonds is 8. The van der Waals surface area contributed by atoms with Gasteiger partial charge in [0.15, 0.2) is 0 Å². The van der Waals surface area contributed by atoms with Crippen molar-refractivity contribution in [1.82, 2.24) is 9.62 Å². The minimum Gasteiger partial charge on any atom is -0.491 e. The molecule has 0 bridgehead atoms. The average Bonchev–Trinajstić information content (AvgIpc) is 2.81. The fourth-order valence-corrected chi connectivity index (χ4v) is 4.51. The molecule has 33 heavy (non-hydrogen) atoms. The van der Waals surface area contributed by atoms with Gasteiger partial charge in [0.2, 0.25) is 10.0 Å². The Labute approximate surface area is 189 Å². The zero-order valence-electron chi connectivity index (χ0n) is 17.4. The van der Waals surface area contributed by atoms with Crippen molar-refractivity contribution in [2.45, 2.75) is 17.2 Å². The van der Waals surface area contributed by atoms with Crippen molar-refractivity contribution < 1.29 is 41.0 Å². The van der Waals surface area contributed by atoms with Crippen LogP contribution in [0.2, 0.25) is 0 Å². The molecule has 1 saturated heterocycles. The van der Waals surface area contributed by atoms with Crippen LogP contribution in [0.1, 0.15) is 15.9 Å². The van der Waals surface area contributed by atoms with Crippen molar-refractivity contribution in [3.8, 4) is 5.75 Å². The third-order valence-electron chi connectivity index (χ3n) is 4.81. The highest BCUT2D eigenvalue weighted by atomic mass is 32.2. The molecule has 2 aromatic carbocycles. The molecule has 0 radical (unpaired) electrons. The van der Waals surface area contributed by atoms with Crippen LogP contribution >= 0.6 is 0 Å². The van der Waals surface area contributed by atoms with Gasteiger partial charge >= 0.3 is 6.18 Å². The summed E-state index contributed by atoms with van der Waals surface area (Å²) in [5.74, 6) is -0.691. The van der Waals surface area contributed by atoms with E-state index in [-0.39, 0.29) is 42.4 Å². The van der Waals surface area contributed by atoms with Gasteiger partial charge in [0.25, 0.3) is 5.91 Å². The molecule has 180 valence electrons. The van der Waals surface area contributed by atoms with Crippen molar-refractivity contribution >= 4 is 15.9 Å². The van der Waals surface area contributed by atoms with Crippen LogP contribution in [-0.2, 0) is 20.9 Å². The Balaban J connectivity index is 1.55. The maximum atomic E-state index is 12.7. The van der Waals surface area contributed by atoms with E-state index < -0.39 is 33.8 Å². The van der Waals surface area contributed by atoms with E-state index in [1.54, 1.807) is 0 Å². The summed E-state index contributed by atoms with van der Waals surface area (Å²) < 4.78 is 75.4. The first-order valence-electron chi connectivity index (χ1n) is 10.0. The van der Waals surface area contributed by atoms with Crippen LogP contribution in [0.25, 0.3) is 0 Å². The largest absolute Gasteiger partial charge is 0.491 e. The maximum Gasteiger partial charge on any atom is 0.416 e. The lowest BCUT2D eigenvalue weighted by molar-refractivity contribution is -0.137. The van der Waals surface area contributed by atoms with E-state index >= 15 is 0 Å². The Hall–Kier alpha value is -2.67. The highest BCUT2D eigenvalue weighted by Gasteiger charge is 2.30. The third kappa shape index (κ3) is 6.67. The van der Waals surface area contributed by atoms with Gasteiger partial charge in [-0.3, -0.25) is 4.79 Å². The second kappa shape index (κ2) is 10.5. The number of hydrogen-bond acceptors (Lipinski definition) is 6. The van der Waals surface area contributed by atoms with Crippen LogP contribution < -0.4 is 10.1 Å². The first-order chi connectivity index (χ1) is 15.6. The van der Waals surface area contributed by atoms with Gasteiger partial charge in [-0.2, -0.15) is 17.5 Å². The number of benzene rings is 2. The van der Waals surface area contributed by atoms with E-state index in [1.807, 2.05) is 0 Å².